The number of hydrogen-bond donors (Lipinski definition) is 2. The predicted octanol–water partition coefficient (Wildman–Crippen LogP) is 2.59. The maximum atomic E-state index is 13.0. The number of nitrogens with two attached hydrogens (primary N) is 1. The number of amides is 1. The fourth-order valence-corrected chi connectivity index (χ4v) is 2.10. The first kappa shape index (κ1) is 16.2. The monoisotopic (exact) mass is 305 g/mol. The van der Waals surface area contributed by atoms with Gasteiger partial charge in [-0.05, 0) is 30.5 Å². The number of halogens is 1. The summed E-state index contributed by atoms with van der Waals surface area (Å²) < 4.78 is 18.3. The van der Waals surface area contributed by atoms with Gasteiger partial charge in [0.15, 0.2) is 5.69 Å². The van der Waals surface area contributed by atoms with E-state index in [2.05, 4.69) is 10.3 Å². The van der Waals surface area contributed by atoms with Crippen molar-refractivity contribution in [2.75, 3.05) is 6.54 Å². The summed E-state index contributed by atoms with van der Waals surface area (Å²) in [5.41, 5.74) is 6.92. The first-order valence-electron chi connectivity index (χ1n) is 7.33. The van der Waals surface area contributed by atoms with Crippen molar-refractivity contribution in [1.82, 2.24) is 10.3 Å². The maximum Gasteiger partial charge on any atom is 0.273 e. The molecule has 0 aliphatic carbocycles. The number of oxazole rings is 1. The second-order valence-corrected chi connectivity index (χ2v) is 5.10. The number of carbonyl (C=O) groups is 1. The van der Waals surface area contributed by atoms with Gasteiger partial charge in [0.2, 0.25) is 5.89 Å². The van der Waals surface area contributed by atoms with Crippen molar-refractivity contribution in [2.45, 2.75) is 32.2 Å². The van der Waals surface area contributed by atoms with E-state index in [1.807, 2.05) is 13.0 Å². The van der Waals surface area contributed by atoms with Crippen LogP contribution in [0.25, 0.3) is 0 Å². The summed E-state index contributed by atoms with van der Waals surface area (Å²) in [5, 5.41) is 2.73. The van der Waals surface area contributed by atoms with Crippen LogP contribution in [0.5, 0.6) is 0 Å². The normalized spacial score (nSPS) is 12.1. The molecule has 1 unspecified atom stereocenters. The molecule has 1 atom stereocenters. The molecule has 2 rings (SSSR count). The fraction of sp³-hybridized carbons (Fsp3) is 0.375. The predicted molar refractivity (Wildman–Crippen MR) is 80.8 cm³/mol. The molecule has 0 aliphatic heterocycles. The zero-order valence-corrected chi connectivity index (χ0v) is 12.5. The zero-order valence-electron chi connectivity index (χ0n) is 12.5. The summed E-state index contributed by atoms with van der Waals surface area (Å²) in [4.78, 5) is 16.1. The zero-order chi connectivity index (χ0) is 15.9. The van der Waals surface area contributed by atoms with Crippen LogP contribution in [0.15, 0.2) is 34.9 Å². The van der Waals surface area contributed by atoms with Gasteiger partial charge in [-0.2, -0.15) is 0 Å². The molecule has 1 aromatic heterocycles. The minimum Gasteiger partial charge on any atom is -0.446 e. The van der Waals surface area contributed by atoms with Crippen LogP contribution in [-0.4, -0.2) is 17.4 Å². The van der Waals surface area contributed by atoms with Crippen molar-refractivity contribution in [3.8, 4) is 0 Å². The van der Waals surface area contributed by atoms with Crippen molar-refractivity contribution in [2.24, 2.45) is 5.73 Å². The highest BCUT2D eigenvalue weighted by Gasteiger charge is 2.16. The molecule has 1 heterocycles. The quantitative estimate of drug-likeness (QED) is 0.824. The van der Waals surface area contributed by atoms with Crippen LogP contribution in [0.3, 0.4) is 0 Å². The Hall–Kier alpha value is -2.21. The van der Waals surface area contributed by atoms with Crippen molar-refractivity contribution in [1.29, 1.82) is 0 Å². The van der Waals surface area contributed by atoms with E-state index in [0.29, 0.717) is 18.9 Å². The highest BCUT2D eigenvalue weighted by Crippen LogP contribution is 2.14. The Morgan fingerprint density at radius 2 is 2.32 bits per heavy atom. The molecular weight excluding hydrogens is 285 g/mol. The van der Waals surface area contributed by atoms with E-state index >= 15 is 0 Å². The van der Waals surface area contributed by atoms with Crippen LogP contribution < -0.4 is 11.1 Å². The SMILES string of the molecule is CCCC(N)c1nc(C(=O)NCCc2cccc(F)c2)co1. The lowest BCUT2D eigenvalue weighted by Crippen LogP contribution is -2.26. The van der Waals surface area contributed by atoms with Gasteiger partial charge >= 0.3 is 0 Å². The minimum atomic E-state index is -0.324. The molecular formula is C16H20FN3O2. The Morgan fingerprint density at radius 3 is 3.05 bits per heavy atom. The number of aromatic nitrogens is 1. The largest absolute Gasteiger partial charge is 0.446 e. The van der Waals surface area contributed by atoms with E-state index < -0.39 is 0 Å². The molecule has 22 heavy (non-hydrogen) atoms. The van der Waals surface area contributed by atoms with Crippen LogP contribution in [0, 0.1) is 5.82 Å². The molecule has 0 radical (unpaired) electrons. The van der Waals surface area contributed by atoms with Crippen LogP contribution in [-0.2, 0) is 6.42 Å². The average molecular weight is 305 g/mol. The number of carbonyl (C=O) groups excluding carboxylic acids is 1. The topological polar surface area (TPSA) is 81.1 Å². The summed E-state index contributed by atoms with van der Waals surface area (Å²) in [6.45, 7) is 2.41. The third-order valence-electron chi connectivity index (χ3n) is 3.26. The molecule has 0 spiro atoms. The van der Waals surface area contributed by atoms with Gasteiger partial charge in [0.1, 0.15) is 12.1 Å². The van der Waals surface area contributed by atoms with E-state index in [0.717, 1.165) is 18.4 Å². The number of nitrogens with one attached hydrogen (secondary N) is 1. The lowest BCUT2D eigenvalue weighted by Gasteiger charge is -2.04. The molecule has 1 aromatic carbocycles. The van der Waals surface area contributed by atoms with Crippen LogP contribution >= 0.6 is 0 Å². The number of benzene rings is 1. The third-order valence-corrected chi connectivity index (χ3v) is 3.26. The molecule has 0 saturated carbocycles. The summed E-state index contributed by atoms with van der Waals surface area (Å²) in [6, 6.07) is 6.00. The fourth-order valence-electron chi connectivity index (χ4n) is 2.10. The van der Waals surface area contributed by atoms with Crippen molar-refractivity contribution < 1.29 is 13.6 Å². The number of hydrogen-bond acceptors (Lipinski definition) is 4. The van der Waals surface area contributed by atoms with Gasteiger partial charge in [0, 0.05) is 6.54 Å². The molecule has 118 valence electrons. The molecule has 0 bridgehead atoms. The summed E-state index contributed by atoms with van der Waals surface area (Å²) >= 11 is 0. The number of nitrogens with zero attached hydrogens (tertiary/aromatic N) is 1. The first-order chi connectivity index (χ1) is 10.6. The molecule has 0 aliphatic rings. The van der Waals surface area contributed by atoms with E-state index in [-0.39, 0.29) is 23.5 Å². The lowest BCUT2D eigenvalue weighted by atomic mass is 10.1. The molecule has 1 amide bonds. The highest BCUT2D eigenvalue weighted by atomic mass is 19.1. The molecule has 0 saturated heterocycles. The molecule has 3 N–H and O–H groups in total. The van der Waals surface area contributed by atoms with E-state index in [9.17, 15) is 9.18 Å². The molecule has 0 fully saturated rings. The van der Waals surface area contributed by atoms with Crippen molar-refractivity contribution in [3.63, 3.8) is 0 Å². The second kappa shape index (κ2) is 7.70. The van der Waals surface area contributed by atoms with Gasteiger partial charge in [0.25, 0.3) is 5.91 Å². The minimum absolute atomic E-state index is 0.209. The van der Waals surface area contributed by atoms with E-state index in [1.165, 1.54) is 18.4 Å². The molecule has 5 nitrogen and oxygen atoms in total. The Kier molecular flexibility index (Phi) is 5.66. The van der Waals surface area contributed by atoms with Crippen molar-refractivity contribution in [3.05, 3.63) is 53.5 Å². The first-order valence-corrected chi connectivity index (χ1v) is 7.33. The van der Waals surface area contributed by atoms with E-state index in [1.54, 1.807) is 6.07 Å². The number of rotatable bonds is 7. The third kappa shape index (κ3) is 4.39. The standard InChI is InChI=1S/C16H20FN3O2/c1-2-4-13(18)16-20-14(10-22-16)15(21)19-8-7-11-5-3-6-12(17)9-11/h3,5-6,9-10,13H,2,4,7-8,18H2,1H3,(H,19,21). The lowest BCUT2D eigenvalue weighted by molar-refractivity contribution is 0.0949. The van der Waals surface area contributed by atoms with Crippen LogP contribution in [0.1, 0.15) is 47.7 Å². The van der Waals surface area contributed by atoms with E-state index in [4.69, 9.17) is 10.2 Å². The summed E-state index contributed by atoms with van der Waals surface area (Å²) in [6.07, 6.45) is 3.52. The molecule has 6 heteroatoms. The van der Waals surface area contributed by atoms with Gasteiger partial charge in [0.05, 0.1) is 6.04 Å². The maximum absolute atomic E-state index is 13.0. The van der Waals surface area contributed by atoms with Gasteiger partial charge in [-0.25, -0.2) is 9.37 Å². The summed E-state index contributed by atoms with van der Waals surface area (Å²) in [5.74, 6) is -0.234. The Morgan fingerprint density at radius 1 is 1.50 bits per heavy atom. The van der Waals surface area contributed by atoms with Crippen LogP contribution in [0.2, 0.25) is 0 Å². The van der Waals surface area contributed by atoms with Gasteiger partial charge in [-0.3, -0.25) is 4.79 Å². The Bertz CT molecular complexity index is 627. The highest BCUT2D eigenvalue weighted by molar-refractivity contribution is 5.91. The molecule has 2 aromatic rings. The van der Waals surface area contributed by atoms with Crippen molar-refractivity contribution >= 4 is 5.91 Å². The van der Waals surface area contributed by atoms with Gasteiger partial charge in [-0.1, -0.05) is 25.5 Å². The van der Waals surface area contributed by atoms with Gasteiger partial charge in [-0.15, -0.1) is 0 Å². The Balaban J connectivity index is 1.85. The van der Waals surface area contributed by atoms with Crippen LogP contribution in [0.4, 0.5) is 4.39 Å². The smallest absolute Gasteiger partial charge is 0.273 e. The van der Waals surface area contributed by atoms with Gasteiger partial charge < -0.3 is 15.5 Å². The Labute approximate surface area is 128 Å². The average Bonchev–Trinajstić information content (AvgIpc) is 2.97. The summed E-state index contributed by atoms with van der Waals surface area (Å²) in [7, 11) is 0. The second-order valence-electron chi connectivity index (χ2n) is 5.10.